The first-order valence-electron chi connectivity index (χ1n) is 10.9. The zero-order chi connectivity index (χ0) is 24.7. The summed E-state index contributed by atoms with van der Waals surface area (Å²) in [5, 5.41) is 10.9. The van der Waals surface area contributed by atoms with Gasteiger partial charge in [-0.05, 0) is 36.2 Å². The lowest BCUT2D eigenvalue weighted by molar-refractivity contribution is -0.384. The molecule has 1 heterocycles. The van der Waals surface area contributed by atoms with Crippen LogP contribution in [0.25, 0.3) is 0 Å². The third-order valence-electron chi connectivity index (χ3n) is 5.44. The molecule has 0 aliphatic heterocycles. The minimum atomic E-state index is -4.02. The van der Waals surface area contributed by atoms with Crippen LogP contribution in [0.2, 0.25) is 0 Å². The number of nitro benzene ring substituents is 1. The van der Waals surface area contributed by atoms with E-state index in [1.165, 1.54) is 12.1 Å². The Labute approximate surface area is 199 Å². The molecule has 0 aliphatic carbocycles. The Bertz CT molecular complexity index is 1220. The van der Waals surface area contributed by atoms with E-state index in [1.807, 2.05) is 67.2 Å². The molecule has 0 spiro atoms. The van der Waals surface area contributed by atoms with E-state index in [-0.39, 0.29) is 29.6 Å². The fraction of sp³-hybridized carbons (Fsp3) is 0.292. The van der Waals surface area contributed by atoms with E-state index in [4.69, 9.17) is 0 Å². The number of aromatic nitrogens is 1. The molecule has 0 atom stereocenters. The lowest BCUT2D eigenvalue weighted by atomic mass is 10.2. The van der Waals surface area contributed by atoms with E-state index in [0.29, 0.717) is 19.5 Å². The van der Waals surface area contributed by atoms with E-state index in [2.05, 4.69) is 0 Å². The van der Waals surface area contributed by atoms with Gasteiger partial charge in [0.2, 0.25) is 15.9 Å². The summed E-state index contributed by atoms with van der Waals surface area (Å²) in [4.78, 5) is 25.3. The van der Waals surface area contributed by atoms with Gasteiger partial charge in [0.15, 0.2) is 0 Å². The largest absolute Gasteiger partial charge is 0.353 e. The predicted molar refractivity (Wildman–Crippen MR) is 128 cm³/mol. The standard InChI is InChI=1S/C24H28N4O5S/c1-3-15-27(34(32,33)23-13-11-21(12-14-23)28(30)31)19-24(29)26(17-20-8-5-4-6-9-20)18-22-10-7-16-25(22)2/h4-14,16H,3,15,17-19H2,1-2H3. The number of hydrogen-bond donors (Lipinski definition) is 0. The number of benzene rings is 2. The number of hydrogen-bond acceptors (Lipinski definition) is 5. The number of amides is 1. The Morgan fingerprint density at radius 1 is 1.00 bits per heavy atom. The van der Waals surface area contributed by atoms with Crippen LogP contribution in [-0.4, -0.2) is 46.1 Å². The molecule has 0 N–H and O–H groups in total. The first kappa shape index (κ1) is 25.1. The summed E-state index contributed by atoms with van der Waals surface area (Å²) < 4.78 is 29.6. The Morgan fingerprint density at radius 3 is 2.24 bits per heavy atom. The Balaban J connectivity index is 1.86. The van der Waals surface area contributed by atoms with Crippen LogP contribution in [0.1, 0.15) is 24.6 Å². The number of aryl methyl sites for hydroxylation is 1. The van der Waals surface area contributed by atoms with Crippen molar-refractivity contribution in [1.29, 1.82) is 0 Å². The summed E-state index contributed by atoms with van der Waals surface area (Å²) in [5.74, 6) is -0.330. The number of sulfonamides is 1. The van der Waals surface area contributed by atoms with Gasteiger partial charge in [-0.2, -0.15) is 4.31 Å². The lowest BCUT2D eigenvalue weighted by Gasteiger charge is -2.27. The zero-order valence-electron chi connectivity index (χ0n) is 19.2. The maximum absolute atomic E-state index is 13.4. The number of carbonyl (C=O) groups is 1. The van der Waals surface area contributed by atoms with Crippen LogP contribution in [0.4, 0.5) is 5.69 Å². The van der Waals surface area contributed by atoms with E-state index < -0.39 is 14.9 Å². The first-order valence-corrected chi connectivity index (χ1v) is 12.3. The van der Waals surface area contributed by atoms with Crippen molar-refractivity contribution in [3.05, 3.63) is 94.3 Å². The molecule has 9 nitrogen and oxygen atoms in total. The smallest absolute Gasteiger partial charge is 0.269 e. The fourth-order valence-corrected chi connectivity index (χ4v) is 5.05. The second kappa shape index (κ2) is 11.1. The normalized spacial score (nSPS) is 11.5. The van der Waals surface area contributed by atoms with Crippen molar-refractivity contribution in [2.24, 2.45) is 7.05 Å². The lowest BCUT2D eigenvalue weighted by Crippen LogP contribution is -2.43. The van der Waals surface area contributed by atoms with Crippen molar-refractivity contribution in [2.45, 2.75) is 31.3 Å². The summed E-state index contributed by atoms with van der Waals surface area (Å²) in [5.41, 5.74) is 1.66. The molecule has 10 heteroatoms. The monoisotopic (exact) mass is 484 g/mol. The molecule has 0 saturated heterocycles. The van der Waals surface area contributed by atoms with Crippen molar-refractivity contribution < 1.29 is 18.1 Å². The van der Waals surface area contributed by atoms with Crippen molar-refractivity contribution in [3.63, 3.8) is 0 Å². The molecule has 0 saturated carbocycles. The van der Waals surface area contributed by atoms with Crippen LogP contribution in [-0.2, 0) is 35.0 Å². The molecule has 3 rings (SSSR count). The van der Waals surface area contributed by atoms with E-state index in [9.17, 15) is 23.3 Å². The summed E-state index contributed by atoms with van der Waals surface area (Å²) >= 11 is 0. The van der Waals surface area contributed by atoms with Gasteiger partial charge in [0.05, 0.1) is 22.9 Å². The SMILES string of the molecule is CCCN(CC(=O)N(Cc1ccccc1)Cc1cccn1C)S(=O)(=O)c1ccc([N+](=O)[O-])cc1. The second-order valence-electron chi connectivity index (χ2n) is 7.94. The van der Waals surface area contributed by atoms with Gasteiger partial charge in [0.1, 0.15) is 0 Å². The quantitative estimate of drug-likeness (QED) is 0.306. The van der Waals surface area contributed by atoms with Crippen LogP contribution in [0, 0.1) is 10.1 Å². The summed E-state index contributed by atoms with van der Waals surface area (Å²) in [7, 11) is -2.13. The first-order chi connectivity index (χ1) is 16.2. The van der Waals surface area contributed by atoms with Gasteiger partial charge in [-0.3, -0.25) is 14.9 Å². The maximum Gasteiger partial charge on any atom is 0.269 e. The highest BCUT2D eigenvalue weighted by atomic mass is 32.2. The maximum atomic E-state index is 13.4. The van der Waals surface area contributed by atoms with Gasteiger partial charge in [-0.25, -0.2) is 8.42 Å². The zero-order valence-corrected chi connectivity index (χ0v) is 20.0. The Kier molecular flexibility index (Phi) is 8.19. The summed E-state index contributed by atoms with van der Waals surface area (Å²) in [6, 6.07) is 18.0. The van der Waals surface area contributed by atoms with Crippen LogP contribution in [0.15, 0.2) is 77.8 Å². The molecule has 180 valence electrons. The van der Waals surface area contributed by atoms with Gasteiger partial charge in [0, 0.05) is 44.2 Å². The minimum absolute atomic E-state index is 0.0867. The number of nitro groups is 1. The highest BCUT2D eigenvalue weighted by Gasteiger charge is 2.28. The molecule has 0 radical (unpaired) electrons. The van der Waals surface area contributed by atoms with Gasteiger partial charge >= 0.3 is 0 Å². The third kappa shape index (κ3) is 6.09. The van der Waals surface area contributed by atoms with Gasteiger partial charge < -0.3 is 9.47 Å². The number of carbonyl (C=O) groups excluding carboxylic acids is 1. The average molecular weight is 485 g/mol. The average Bonchev–Trinajstić information content (AvgIpc) is 3.23. The topological polar surface area (TPSA) is 106 Å². The van der Waals surface area contributed by atoms with Gasteiger partial charge in [0.25, 0.3) is 5.69 Å². The summed E-state index contributed by atoms with van der Waals surface area (Å²) in [6.45, 7) is 2.31. The Hall–Kier alpha value is -3.50. The van der Waals surface area contributed by atoms with Crippen LogP contribution in [0.3, 0.4) is 0 Å². The highest BCUT2D eigenvalue weighted by molar-refractivity contribution is 7.89. The molecule has 34 heavy (non-hydrogen) atoms. The van der Waals surface area contributed by atoms with Crippen LogP contribution in [0.5, 0.6) is 0 Å². The molecule has 2 aromatic carbocycles. The highest BCUT2D eigenvalue weighted by Crippen LogP contribution is 2.21. The van der Waals surface area contributed by atoms with E-state index in [0.717, 1.165) is 27.7 Å². The number of nitrogens with zero attached hydrogens (tertiary/aromatic N) is 4. The van der Waals surface area contributed by atoms with Crippen molar-refractivity contribution >= 4 is 21.6 Å². The van der Waals surface area contributed by atoms with E-state index in [1.54, 1.807) is 4.90 Å². The molecule has 0 aliphatic rings. The molecule has 0 unspecified atom stereocenters. The van der Waals surface area contributed by atoms with Crippen LogP contribution < -0.4 is 0 Å². The number of non-ortho nitro benzene ring substituents is 1. The van der Waals surface area contributed by atoms with Gasteiger partial charge in [-0.1, -0.05) is 37.3 Å². The number of rotatable bonds is 11. The molecule has 1 amide bonds. The Morgan fingerprint density at radius 2 is 1.68 bits per heavy atom. The molecular weight excluding hydrogens is 456 g/mol. The molecule has 3 aromatic rings. The third-order valence-corrected chi connectivity index (χ3v) is 7.30. The van der Waals surface area contributed by atoms with Crippen molar-refractivity contribution in [3.8, 4) is 0 Å². The van der Waals surface area contributed by atoms with Crippen molar-refractivity contribution in [2.75, 3.05) is 13.1 Å². The van der Waals surface area contributed by atoms with E-state index >= 15 is 0 Å². The molecule has 1 aromatic heterocycles. The predicted octanol–water partition coefficient (Wildman–Crippen LogP) is 3.56. The minimum Gasteiger partial charge on any atom is -0.353 e. The fourth-order valence-electron chi connectivity index (χ4n) is 3.57. The van der Waals surface area contributed by atoms with Gasteiger partial charge in [-0.15, -0.1) is 0 Å². The molecular formula is C24H28N4O5S. The summed E-state index contributed by atoms with van der Waals surface area (Å²) in [6.07, 6.45) is 2.40. The van der Waals surface area contributed by atoms with Crippen LogP contribution >= 0.6 is 0 Å². The second-order valence-corrected chi connectivity index (χ2v) is 9.87. The molecule has 0 fully saturated rings. The molecule has 0 bridgehead atoms. The van der Waals surface area contributed by atoms with Crippen molar-refractivity contribution in [1.82, 2.24) is 13.8 Å².